The Hall–Kier alpha value is -1.62. The zero-order valence-corrected chi connectivity index (χ0v) is 13.8. The first-order valence-electron chi connectivity index (χ1n) is 7.16. The number of phosphoric ester groups is 1. The van der Waals surface area contributed by atoms with E-state index < -0.39 is 32.4 Å². The summed E-state index contributed by atoms with van der Waals surface area (Å²) in [6.45, 7) is 0.0654. The van der Waals surface area contributed by atoms with Crippen LogP contribution in [0.15, 0.2) is 12.7 Å². The average Bonchev–Trinajstić information content (AvgIpc) is 3.16. The Morgan fingerprint density at radius 3 is 2.96 bits per heavy atom. The van der Waals surface area contributed by atoms with Crippen molar-refractivity contribution in [3.63, 3.8) is 0 Å². The molecule has 2 aliphatic heterocycles. The fraction of sp³-hybridized carbons (Fsp3) is 0.583. The maximum Gasteiger partial charge on any atom is 0.475 e. The fourth-order valence-electron chi connectivity index (χ4n) is 2.94. The first-order chi connectivity index (χ1) is 11.6. The molecule has 1 unspecified atom stereocenters. The van der Waals surface area contributed by atoms with Crippen LogP contribution in [0, 0.1) is 0 Å². The highest BCUT2D eigenvalue weighted by molar-refractivity contribution is 7.48. The van der Waals surface area contributed by atoms with Gasteiger partial charge in [-0.15, -0.1) is 0 Å². The summed E-state index contributed by atoms with van der Waals surface area (Å²) < 4.78 is 40.9. The van der Waals surface area contributed by atoms with Crippen LogP contribution in [0.5, 0.6) is 0 Å². The zero-order valence-electron chi connectivity index (χ0n) is 12.9. The number of ether oxygens (including phenoxy) is 2. The molecular weight excluding hydrogens is 341 g/mol. The summed E-state index contributed by atoms with van der Waals surface area (Å²) in [5.41, 5.74) is 6.78. The highest BCUT2D eigenvalue weighted by atomic mass is 31.2. The fourth-order valence-corrected chi connectivity index (χ4v) is 4.08. The van der Waals surface area contributed by atoms with Crippen molar-refractivity contribution in [2.75, 3.05) is 26.6 Å². The van der Waals surface area contributed by atoms with Crippen molar-refractivity contribution in [3.8, 4) is 0 Å². The van der Waals surface area contributed by atoms with Gasteiger partial charge in [0, 0.05) is 14.2 Å². The Bertz CT molecular complexity index is 814. The van der Waals surface area contributed by atoms with Crippen LogP contribution >= 0.6 is 7.82 Å². The van der Waals surface area contributed by atoms with Crippen molar-refractivity contribution in [1.29, 1.82) is 0 Å². The van der Waals surface area contributed by atoms with E-state index in [1.54, 1.807) is 10.9 Å². The Kier molecular flexibility index (Phi) is 3.79. The molecule has 12 heteroatoms. The number of hydrogen-bond donors (Lipinski definition) is 1. The maximum absolute atomic E-state index is 12.2. The van der Waals surface area contributed by atoms with E-state index in [4.69, 9.17) is 28.8 Å². The van der Waals surface area contributed by atoms with Gasteiger partial charge in [0.1, 0.15) is 30.2 Å². The van der Waals surface area contributed by atoms with Crippen molar-refractivity contribution >= 4 is 24.8 Å². The van der Waals surface area contributed by atoms with Crippen LogP contribution in [0.25, 0.3) is 11.2 Å². The molecule has 0 amide bonds. The molecule has 0 spiro atoms. The molecular formula is C12H16N5O6P. The van der Waals surface area contributed by atoms with Gasteiger partial charge in [-0.05, 0) is 0 Å². The molecule has 0 saturated carbocycles. The largest absolute Gasteiger partial charge is 0.475 e. The van der Waals surface area contributed by atoms with Crippen LogP contribution in [0.1, 0.15) is 6.23 Å². The summed E-state index contributed by atoms with van der Waals surface area (Å²) in [4.78, 5) is 12.3. The molecule has 24 heavy (non-hydrogen) atoms. The maximum atomic E-state index is 12.2. The molecule has 2 aromatic heterocycles. The number of nitrogens with zero attached hydrogens (tertiary/aromatic N) is 4. The predicted octanol–water partition coefficient (Wildman–Crippen LogP) is 0.491. The SMILES string of the molecule is CO[C@@H]1[C@@H]2OP(=O)(OC)OC[C@H]2O[C@H]1n1cnc2c(N)ncnc21. The molecule has 4 heterocycles. The summed E-state index contributed by atoms with van der Waals surface area (Å²) in [5, 5.41) is 0. The van der Waals surface area contributed by atoms with Crippen LogP contribution in [-0.2, 0) is 27.6 Å². The third kappa shape index (κ3) is 2.32. The summed E-state index contributed by atoms with van der Waals surface area (Å²) in [6, 6.07) is 0. The van der Waals surface area contributed by atoms with Gasteiger partial charge < -0.3 is 15.2 Å². The van der Waals surface area contributed by atoms with Gasteiger partial charge in [-0.2, -0.15) is 0 Å². The number of rotatable bonds is 3. The minimum absolute atomic E-state index is 0.0654. The molecule has 0 aromatic carbocycles. The van der Waals surface area contributed by atoms with Crippen molar-refractivity contribution < 1.29 is 27.6 Å². The van der Waals surface area contributed by atoms with Crippen molar-refractivity contribution in [1.82, 2.24) is 19.5 Å². The van der Waals surface area contributed by atoms with Gasteiger partial charge in [-0.1, -0.05) is 0 Å². The number of hydrogen-bond acceptors (Lipinski definition) is 10. The lowest BCUT2D eigenvalue weighted by Crippen LogP contribution is -2.40. The number of fused-ring (bicyclic) bond motifs is 2. The minimum Gasteiger partial charge on any atom is -0.382 e. The molecule has 5 atom stereocenters. The van der Waals surface area contributed by atoms with E-state index in [-0.39, 0.29) is 12.4 Å². The summed E-state index contributed by atoms with van der Waals surface area (Å²) in [5.74, 6) is 0.270. The monoisotopic (exact) mass is 357 g/mol. The molecule has 2 aliphatic rings. The number of anilines is 1. The molecule has 2 aromatic rings. The van der Waals surface area contributed by atoms with Gasteiger partial charge >= 0.3 is 7.82 Å². The van der Waals surface area contributed by atoms with E-state index in [0.29, 0.717) is 11.2 Å². The third-order valence-electron chi connectivity index (χ3n) is 4.09. The second kappa shape index (κ2) is 5.73. The number of nitrogen functional groups attached to an aromatic ring is 1. The second-order valence-electron chi connectivity index (χ2n) is 5.34. The Morgan fingerprint density at radius 2 is 2.21 bits per heavy atom. The molecule has 11 nitrogen and oxygen atoms in total. The van der Waals surface area contributed by atoms with Crippen LogP contribution in [0.3, 0.4) is 0 Å². The third-order valence-corrected chi connectivity index (χ3v) is 5.50. The first-order valence-corrected chi connectivity index (χ1v) is 8.62. The summed E-state index contributed by atoms with van der Waals surface area (Å²) in [7, 11) is -0.825. The van der Waals surface area contributed by atoms with Crippen LogP contribution in [0.4, 0.5) is 5.82 Å². The van der Waals surface area contributed by atoms with Crippen molar-refractivity contribution in [2.24, 2.45) is 0 Å². The van der Waals surface area contributed by atoms with E-state index >= 15 is 0 Å². The second-order valence-corrected chi connectivity index (χ2v) is 7.07. The van der Waals surface area contributed by atoms with E-state index in [2.05, 4.69) is 15.0 Å². The van der Waals surface area contributed by atoms with Crippen LogP contribution in [-0.4, -0.2) is 58.7 Å². The smallest absolute Gasteiger partial charge is 0.382 e. The molecule has 2 fully saturated rings. The molecule has 2 saturated heterocycles. The average molecular weight is 357 g/mol. The van der Waals surface area contributed by atoms with E-state index in [9.17, 15) is 4.57 Å². The van der Waals surface area contributed by atoms with E-state index in [1.165, 1.54) is 20.5 Å². The molecule has 130 valence electrons. The Balaban J connectivity index is 1.71. The Morgan fingerprint density at radius 1 is 1.38 bits per heavy atom. The number of aromatic nitrogens is 4. The molecule has 0 bridgehead atoms. The van der Waals surface area contributed by atoms with Crippen LogP contribution < -0.4 is 5.73 Å². The quantitative estimate of drug-likeness (QED) is 0.774. The van der Waals surface area contributed by atoms with Gasteiger partial charge in [0.15, 0.2) is 17.7 Å². The van der Waals surface area contributed by atoms with Crippen molar-refractivity contribution in [2.45, 2.75) is 24.5 Å². The normalized spacial score (nSPS) is 36.1. The first kappa shape index (κ1) is 15.9. The van der Waals surface area contributed by atoms with Gasteiger partial charge in [-0.3, -0.25) is 18.1 Å². The summed E-state index contributed by atoms with van der Waals surface area (Å²) in [6.07, 6.45) is 0.649. The molecule has 2 N–H and O–H groups in total. The van der Waals surface area contributed by atoms with Gasteiger partial charge in [-0.25, -0.2) is 19.5 Å². The Labute approximate surface area is 136 Å². The topological polar surface area (TPSA) is 133 Å². The number of nitrogens with two attached hydrogens (primary N) is 1. The van der Waals surface area contributed by atoms with Crippen molar-refractivity contribution in [3.05, 3.63) is 12.7 Å². The van der Waals surface area contributed by atoms with E-state index in [0.717, 1.165) is 0 Å². The lowest BCUT2D eigenvalue weighted by molar-refractivity contribution is -0.0687. The lowest BCUT2D eigenvalue weighted by Gasteiger charge is -2.30. The molecule has 4 rings (SSSR count). The van der Waals surface area contributed by atoms with Gasteiger partial charge in [0.05, 0.1) is 12.9 Å². The predicted molar refractivity (Wildman–Crippen MR) is 79.9 cm³/mol. The van der Waals surface area contributed by atoms with Crippen LogP contribution in [0.2, 0.25) is 0 Å². The molecule has 0 aliphatic carbocycles. The minimum atomic E-state index is -3.60. The standard InChI is InChI=1S/C12H16N5O6P/c1-19-9-8-6(3-21-24(18,20-2)23-8)22-12(9)17-5-16-7-10(13)14-4-15-11(7)17/h4-6,8-9,12H,3H2,1-2H3,(H2,13,14,15)/t6-,8-,9-,12-,24?/m1/s1. The lowest BCUT2D eigenvalue weighted by atomic mass is 10.1. The highest BCUT2D eigenvalue weighted by Gasteiger charge is 2.54. The number of methoxy groups -OCH3 is 1. The van der Waals surface area contributed by atoms with Gasteiger partial charge in [0.2, 0.25) is 0 Å². The highest BCUT2D eigenvalue weighted by Crippen LogP contribution is 2.56. The zero-order chi connectivity index (χ0) is 16.9. The van der Waals surface area contributed by atoms with Gasteiger partial charge in [0.25, 0.3) is 0 Å². The number of phosphoric acid groups is 1. The number of imidazole rings is 1. The molecule has 0 radical (unpaired) electrons. The van der Waals surface area contributed by atoms with E-state index in [1.807, 2.05) is 0 Å². The summed E-state index contributed by atoms with van der Waals surface area (Å²) >= 11 is 0.